The fourth-order valence-electron chi connectivity index (χ4n) is 2.67. The molecule has 0 heterocycles. The topological polar surface area (TPSA) is 57.7 Å². The zero-order valence-corrected chi connectivity index (χ0v) is 16.7. The summed E-state index contributed by atoms with van der Waals surface area (Å²) in [6.45, 7) is 6.68. The van der Waals surface area contributed by atoms with E-state index in [1.165, 1.54) is 11.4 Å². The van der Waals surface area contributed by atoms with Gasteiger partial charge in [-0.05, 0) is 49.2 Å². The van der Waals surface area contributed by atoms with E-state index in [0.717, 1.165) is 5.56 Å². The number of carbonyl (C=O) groups excluding carboxylic acids is 1. The molecule has 0 spiro atoms. The molecule has 0 saturated heterocycles. The van der Waals surface area contributed by atoms with Crippen molar-refractivity contribution in [1.82, 2.24) is 4.90 Å². The number of sulfonamides is 1. The second-order valence-corrected chi connectivity index (χ2v) is 8.88. The predicted octanol–water partition coefficient (Wildman–Crippen LogP) is 3.55. The van der Waals surface area contributed by atoms with Crippen molar-refractivity contribution in [3.8, 4) is 0 Å². The Bertz CT molecular complexity index is 857. The Morgan fingerprint density at radius 2 is 1.50 bits per heavy atom. The second kappa shape index (κ2) is 7.91. The molecule has 0 fully saturated rings. The molecule has 26 heavy (non-hydrogen) atoms. The molecule has 0 aromatic heterocycles. The van der Waals surface area contributed by atoms with Gasteiger partial charge in [-0.15, -0.1) is 0 Å². The number of aryl methyl sites for hydroxylation is 1. The molecule has 6 heteroatoms. The van der Waals surface area contributed by atoms with Gasteiger partial charge in [0.25, 0.3) is 15.9 Å². The van der Waals surface area contributed by atoms with Crippen LogP contribution in [0.5, 0.6) is 0 Å². The van der Waals surface area contributed by atoms with Gasteiger partial charge in [-0.25, -0.2) is 8.42 Å². The lowest BCUT2D eigenvalue weighted by Gasteiger charge is -2.21. The van der Waals surface area contributed by atoms with E-state index >= 15 is 0 Å². The molecule has 5 nitrogen and oxygen atoms in total. The number of amides is 1. The van der Waals surface area contributed by atoms with Gasteiger partial charge in [0, 0.05) is 26.2 Å². The summed E-state index contributed by atoms with van der Waals surface area (Å²) in [7, 11) is -0.357. The molecule has 0 atom stereocenters. The average molecular weight is 375 g/mol. The number of anilines is 1. The van der Waals surface area contributed by atoms with Crippen molar-refractivity contribution in [3.05, 3.63) is 59.7 Å². The van der Waals surface area contributed by atoms with E-state index in [1.54, 1.807) is 60.5 Å². The molecule has 0 bridgehead atoms. The van der Waals surface area contributed by atoms with Crippen molar-refractivity contribution in [2.45, 2.75) is 25.7 Å². The monoisotopic (exact) mass is 374 g/mol. The smallest absolute Gasteiger partial charge is 0.264 e. The van der Waals surface area contributed by atoms with E-state index in [0.29, 0.717) is 23.7 Å². The molecule has 140 valence electrons. The van der Waals surface area contributed by atoms with Crippen molar-refractivity contribution >= 4 is 21.6 Å². The van der Waals surface area contributed by atoms with Gasteiger partial charge < -0.3 is 4.90 Å². The van der Waals surface area contributed by atoms with Gasteiger partial charge in [-0.2, -0.15) is 0 Å². The fourth-order valence-corrected chi connectivity index (χ4v) is 3.87. The van der Waals surface area contributed by atoms with E-state index in [-0.39, 0.29) is 10.8 Å². The lowest BCUT2D eigenvalue weighted by molar-refractivity contribution is 0.0779. The van der Waals surface area contributed by atoms with Crippen LogP contribution < -0.4 is 4.31 Å². The summed E-state index contributed by atoms with van der Waals surface area (Å²) in [5, 5.41) is 0. The molecule has 0 aliphatic carbocycles. The number of hydrogen-bond acceptors (Lipinski definition) is 3. The maximum Gasteiger partial charge on any atom is 0.264 e. The van der Waals surface area contributed by atoms with E-state index < -0.39 is 10.0 Å². The molecular formula is C20H26N2O3S. The molecule has 2 aromatic rings. The van der Waals surface area contributed by atoms with E-state index in [2.05, 4.69) is 13.8 Å². The molecule has 0 N–H and O–H groups in total. The summed E-state index contributed by atoms with van der Waals surface area (Å²) < 4.78 is 26.7. The molecule has 0 unspecified atom stereocenters. The Balaban J connectivity index is 2.21. The summed E-state index contributed by atoms with van der Waals surface area (Å²) in [6, 6.07) is 13.4. The van der Waals surface area contributed by atoms with Gasteiger partial charge in [0.2, 0.25) is 0 Å². The average Bonchev–Trinajstić information content (AvgIpc) is 2.60. The van der Waals surface area contributed by atoms with Gasteiger partial charge >= 0.3 is 0 Å². The Morgan fingerprint density at radius 1 is 0.962 bits per heavy atom. The highest BCUT2D eigenvalue weighted by Gasteiger charge is 2.21. The van der Waals surface area contributed by atoms with E-state index in [4.69, 9.17) is 0 Å². The summed E-state index contributed by atoms with van der Waals surface area (Å²) in [5.74, 6) is 0.309. The zero-order chi connectivity index (χ0) is 19.5. The van der Waals surface area contributed by atoms with Crippen molar-refractivity contribution in [2.24, 2.45) is 5.92 Å². The van der Waals surface area contributed by atoms with Crippen LogP contribution in [0.4, 0.5) is 5.69 Å². The number of carbonyl (C=O) groups is 1. The van der Waals surface area contributed by atoms with Crippen LogP contribution in [0, 0.1) is 12.8 Å². The minimum atomic E-state index is -3.64. The van der Waals surface area contributed by atoms with Gasteiger partial charge in [-0.1, -0.05) is 31.5 Å². The standard InChI is InChI=1S/C20H26N2O3S/c1-15(2)14-21(4)20(23)17-8-10-18(11-9-17)22(5)26(24,25)19-12-6-16(3)7-13-19/h6-13,15H,14H2,1-5H3. The van der Waals surface area contributed by atoms with Gasteiger partial charge in [0.15, 0.2) is 0 Å². The molecule has 0 aliphatic rings. The number of benzene rings is 2. The predicted molar refractivity (Wildman–Crippen MR) is 105 cm³/mol. The van der Waals surface area contributed by atoms with Crippen molar-refractivity contribution in [2.75, 3.05) is 24.9 Å². The molecular weight excluding hydrogens is 348 g/mol. The maximum atomic E-state index is 12.7. The second-order valence-electron chi connectivity index (χ2n) is 6.91. The van der Waals surface area contributed by atoms with Crippen LogP contribution in [-0.4, -0.2) is 39.9 Å². The highest BCUT2D eigenvalue weighted by molar-refractivity contribution is 7.92. The summed E-state index contributed by atoms with van der Waals surface area (Å²) >= 11 is 0. The number of hydrogen-bond donors (Lipinski definition) is 0. The third kappa shape index (κ3) is 4.43. The van der Waals surface area contributed by atoms with Crippen LogP contribution in [0.3, 0.4) is 0 Å². The number of nitrogens with zero attached hydrogens (tertiary/aromatic N) is 2. The first-order valence-electron chi connectivity index (χ1n) is 8.54. The quantitative estimate of drug-likeness (QED) is 0.777. The molecule has 0 radical (unpaired) electrons. The SMILES string of the molecule is Cc1ccc(S(=O)(=O)N(C)c2ccc(C(=O)N(C)CC(C)C)cc2)cc1. The van der Waals surface area contributed by atoms with Crippen molar-refractivity contribution in [3.63, 3.8) is 0 Å². The van der Waals surface area contributed by atoms with Crippen molar-refractivity contribution < 1.29 is 13.2 Å². The molecule has 1 amide bonds. The summed E-state index contributed by atoms with van der Waals surface area (Å²) in [6.07, 6.45) is 0. The van der Waals surface area contributed by atoms with Gasteiger partial charge in [-0.3, -0.25) is 9.10 Å². The lowest BCUT2D eigenvalue weighted by Crippen LogP contribution is -2.30. The number of rotatable bonds is 6. The Labute approximate surface area is 156 Å². The summed E-state index contributed by atoms with van der Waals surface area (Å²) in [5.41, 5.74) is 2.05. The Hall–Kier alpha value is -2.34. The Morgan fingerprint density at radius 3 is 2.00 bits per heavy atom. The molecule has 0 aliphatic heterocycles. The fraction of sp³-hybridized carbons (Fsp3) is 0.350. The first-order valence-corrected chi connectivity index (χ1v) is 9.98. The lowest BCUT2D eigenvalue weighted by atomic mass is 10.1. The molecule has 2 rings (SSSR count). The zero-order valence-electron chi connectivity index (χ0n) is 15.9. The van der Waals surface area contributed by atoms with Crippen molar-refractivity contribution in [1.29, 1.82) is 0 Å². The third-order valence-corrected chi connectivity index (χ3v) is 5.94. The third-order valence-electron chi connectivity index (χ3n) is 4.14. The first kappa shape index (κ1) is 20.0. The van der Waals surface area contributed by atoms with Crippen LogP contribution in [-0.2, 0) is 10.0 Å². The van der Waals surface area contributed by atoms with Crippen LogP contribution in [0.25, 0.3) is 0 Å². The largest absolute Gasteiger partial charge is 0.341 e. The molecule has 2 aromatic carbocycles. The van der Waals surface area contributed by atoms with Crippen LogP contribution >= 0.6 is 0 Å². The van der Waals surface area contributed by atoms with Crippen LogP contribution in [0.2, 0.25) is 0 Å². The minimum Gasteiger partial charge on any atom is -0.341 e. The van der Waals surface area contributed by atoms with Gasteiger partial charge in [0.05, 0.1) is 10.6 Å². The molecule has 0 saturated carbocycles. The summed E-state index contributed by atoms with van der Waals surface area (Å²) in [4.78, 5) is 14.3. The maximum absolute atomic E-state index is 12.7. The highest BCUT2D eigenvalue weighted by Crippen LogP contribution is 2.23. The van der Waals surface area contributed by atoms with E-state index in [1.807, 2.05) is 6.92 Å². The Kier molecular flexibility index (Phi) is 6.08. The first-order chi connectivity index (χ1) is 12.1. The van der Waals surface area contributed by atoms with Crippen LogP contribution in [0.1, 0.15) is 29.8 Å². The van der Waals surface area contributed by atoms with E-state index in [9.17, 15) is 13.2 Å². The van der Waals surface area contributed by atoms with Crippen LogP contribution in [0.15, 0.2) is 53.4 Å². The highest BCUT2D eigenvalue weighted by atomic mass is 32.2. The minimum absolute atomic E-state index is 0.0747. The van der Waals surface area contributed by atoms with Gasteiger partial charge in [0.1, 0.15) is 0 Å². The normalized spacial score (nSPS) is 11.5.